The maximum absolute atomic E-state index is 14.6. The summed E-state index contributed by atoms with van der Waals surface area (Å²) in [5, 5.41) is 8.47. The number of hydrogen-bond acceptors (Lipinski definition) is 11. The smallest absolute Gasteiger partial charge is 0.338 e. The summed E-state index contributed by atoms with van der Waals surface area (Å²) >= 11 is 0. The third kappa shape index (κ3) is 30.4. The fraction of sp³-hybridized carbons (Fsp3) is 0.821. The Kier molecular flexibility index (Phi) is 28.0. The monoisotopic (exact) mass is 825 g/mol. The molecule has 2 unspecified atom stereocenters. The summed E-state index contributed by atoms with van der Waals surface area (Å²) in [5.41, 5.74) is 4.86. The SMILES string of the molecule is CCCCCCCCCCCCCCC(=O)O.CN(/C=C\C(N)=NC=O)C1OC(COP(OCOC(=O)CC(C)(C)C)OCOC(=O)CC(C)(C)C)CC1(F)F. The number of nitrogens with two attached hydrogens (primary N) is 1. The lowest BCUT2D eigenvalue weighted by atomic mass is 9.92. The van der Waals surface area contributed by atoms with Gasteiger partial charge in [-0.25, -0.2) is 8.78 Å². The van der Waals surface area contributed by atoms with Crippen molar-refractivity contribution in [3.63, 3.8) is 0 Å². The number of ether oxygens (including phenoxy) is 3. The summed E-state index contributed by atoms with van der Waals surface area (Å²) in [6.07, 6.45) is 15.4. The quantitative estimate of drug-likeness (QED) is 0.0145. The number of aliphatic carboxylic acids is 1. The lowest BCUT2D eigenvalue weighted by Gasteiger charge is -2.26. The number of aliphatic imine (C=N–C) groups is 1. The zero-order valence-electron chi connectivity index (χ0n) is 35.0. The van der Waals surface area contributed by atoms with Gasteiger partial charge in [-0.1, -0.05) is 119 Å². The van der Waals surface area contributed by atoms with Crippen LogP contribution in [0.4, 0.5) is 8.78 Å². The molecule has 0 bridgehead atoms. The number of carbonyl (C=O) groups excluding carboxylic acids is 3. The predicted octanol–water partition coefficient (Wildman–Crippen LogP) is 9.01. The van der Waals surface area contributed by atoms with Gasteiger partial charge < -0.3 is 34.5 Å². The second-order valence-corrected chi connectivity index (χ2v) is 17.5. The average Bonchev–Trinajstić information content (AvgIpc) is 3.38. The molecule has 1 fully saturated rings. The first-order valence-electron chi connectivity index (χ1n) is 19.6. The van der Waals surface area contributed by atoms with Crippen LogP contribution in [0.2, 0.25) is 0 Å². The van der Waals surface area contributed by atoms with Crippen LogP contribution in [0.15, 0.2) is 17.3 Å². The molecule has 1 saturated heterocycles. The van der Waals surface area contributed by atoms with Crippen molar-refractivity contribution in [2.45, 2.75) is 169 Å². The predicted molar refractivity (Wildman–Crippen MR) is 211 cm³/mol. The molecule has 0 aromatic heterocycles. The van der Waals surface area contributed by atoms with E-state index < -0.39 is 64.8 Å². The Balaban J connectivity index is 0.00000149. The third-order valence-corrected chi connectivity index (χ3v) is 8.94. The summed E-state index contributed by atoms with van der Waals surface area (Å²) < 4.78 is 61.0. The minimum Gasteiger partial charge on any atom is -0.481 e. The number of amides is 1. The van der Waals surface area contributed by atoms with Crippen molar-refractivity contribution in [3.05, 3.63) is 12.3 Å². The van der Waals surface area contributed by atoms with Gasteiger partial charge in [0.1, 0.15) is 5.84 Å². The molecule has 3 N–H and O–H groups in total. The number of esters is 2. The number of alkyl halides is 2. The maximum atomic E-state index is 14.6. The van der Waals surface area contributed by atoms with Crippen molar-refractivity contribution in [2.24, 2.45) is 21.6 Å². The molecule has 1 heterocycles. The van der Waals surface area contributed by atoms with Crippen molar-refractivity contribution in [2.75, 3.05) is 27.2 Å². The Morgan fingerprint density at radius 1 is 0.857 bits per heavy atom. The van der Waals surface area contributed by atoms with E-state index in [4.69, 9.17) is 38.6 Å². The molecule has 326 valence electrons. The van der Waals surface area contributed by atoms with Crippen LogP contribution in [0.25, 0.3) is 0 Å². The molecule has 0 aromatic rings. The van der Waals surface area contributed by atoms with Gasteiger partial charge >= 0.3 is 26.5 Å². The largest absolute Gasteiger partial charge is 0.481 e. The van der Waals surface area contributed by atoms with E-state index in [9.17, 15) is 28.0 Å². The second-order valence-electron chi connectivity index (χ2n) is 16.3. The lowest BCUT2D eigenvalue weighted by molar-refractivity contribution is -0.155. The van der Waals surface area contributed by atoms with Crippen molar-refractivity contribution in [1.29, 1.82) is 0 Å². The fourth-order valence-electron chi connectivity index (χ4n) is 5.21. The molecule has 0 aliphatic carbocycles. The summed E-state index contributed by atoms with van der Waals surface area (Å²) in [5.74, 6) is -5.09. The van der Waals surface area contributed by atoms with Gasteiger partial charge in [0.05, 0.1) is 25.6 Å². The van der Waals surface area contributed by atoms with E-state index in [0.29, 0.717) is 6.42 Å². The molecule has 2 atom stereocenters. The molecule has 1 aliphatic rings. The highest BCUT2D eigenvalue weighted by Crippen LogP contribution is 2.43. The van der Waals surface area contributed by atoms with Crippen molar-refractivity contribution in [3.8, 4) is 0 Å². The van der Waals surface area contributed by atoms with Gasteiger partial charge in [-0.2, -0.15) is 4.99 Å². The first-order chi connectivity index (χ1) is 26.2. The standard InChI is InChI=1S/C24H40F2N3O9P.C15H30O2/c1-22(2,3)11-19(31)33-15-36-39(37-16-34-20(32)12-23(4,5)6)35-13-17-10-24(25,26)21(38-17)29(7)9-8-18(27)28-14-30;1-2-3-4-5-6-7-8-9-10-11-12-13-14-15(16)17/h8-9,14,17,21H,10-13,15-16H2,1-7H3,(H2,27,28,30);2-14H2,1H3,(H,16,17)/b9-8-;. The molecule has 17 heteroatoms. The summed E-state index contributed by atoms with van der Waals surface area (Å²) in [6, 6.07) is 0. The first-order valence-corrected chi connectivity index (χ1v) is 20.7. The molecule has 0 radical (unpaired) electrons. The summed E-state index contributed by atoms with van der Waals surface area (Å²) in [7, 11) is -0.906. The van der Waals surface area contributed by atoms with Crippen LogP contribution in [-0.2, 0) is 47.0 Å². The zero-order chi connectivity index (χ0) is 42.6. The van der Waals surface area contributed by atoms with Gasteiger partial charge in [-0.15, -0.1) is 0 Å². The average molecular weight is 826 g/mol. The minimum absolute atomic E-state index is 0.140. The highest BCUT2D eigenvalue weighted by atomic mass is 31.2. The summed E-state index contributed by atoms with van der Waals surface area (Å²) in [6.45, 7) is 12.1. The van der Waals surface area contributed by atoms with Gasteiger partial charge in [-0.3, -0.25) is 28.2 Å². The van der Waals surface area contributed by atoms with Gasteiger partial charge in [0.25, 0.3) is 5.92 Å². The van der Waals surface area contributed by atoms with Crippen LogP contribution in [0, 0.1) is 10.8 Å². The van der Waals surface area contributed by atoms with Gasteiger partial charge in [-0.05, 0) is 23.3 Å². The van der Waals surface area contributed by atoms with Gasteiger partial charge in [0.15, 0.2) is 6.23 Å². The van der Waals surface area contributed by atoms with Crippen molar-refractivity contribution >= 4 is 38.8 Å². The van der Waals surface area contributed by atoms with E-state index in [1.165, 1.54) is 83.5 Å². The number of carboxylic acid groups (broad SMARTS) is 1. The van der Waals surface area contributed by atoms with E-state index in [1.54, 1.807) is 0 Å². The molecule has 1 aliphatic heterocycles. The van der Waals surface area contributed by atoms with Crippen LogP contribution in [0.1, 0.15) is 151 Å². The van der Waals surface area contributed by atoms with E-state index >= 15 is 0 Å². The van der Waals surface area contributed by atoms with Crippen LogP contribution < -0.4 is 5.73 Å². The molecular weight excluding hydrogens is 755 g/mol. The Labute approximate surface area is 334 Å². The Hall–Kier alpha value is -2.78. The number of rotatable bonds is 28. The van der Waals surface area contributed by atoms with Crippen LogP contribution in [0.5, 0.6) is 0 Å². The molecule has 0 saturated carbocycles. The second kappa shape index (κ2) is 29.4. The van der Waals surface area contributed by atoms with Gasteiger partial charge in [0.2, 0.25) is 20.0 Å². The Morgan fingerprint density at radius 2 is 1.32 bits per heavy atom. The lowest BCUT2D eigenvalue weighted by Crippen LogP contribution is -2.40. The van der Waals surface area contributed by atoms with Crippen LogP contribution >= 0.6 is 8.60 Å². The highest BCUT2D eigenvalue weighted by molar-refractivity contribution is 7.41. The fourth-order valence-corrected chi connectivity index (χ4v) is 6.00. The van der Waals surface area contributed by atoms with Gasteiger partial charge in [0, 0.05) is 26.1 Å². The maximum Gasteiger partial charge on any atom is 0.338 e. The number of halogens is 2. The third-order valence-electron chi connectivity index (χ3n) is 7.95. The normalized spacial score (nSPS) is 17.1. The molecular formula is C39H70F2N3O11P. The molecule has 0 spiro atoms. The minimum atomic E-state index is -3.25. The molecule has 14 nitrogen and oxygen atoms in total. The first kappa shape index (κ1) is 53.2. The van der Waals surface area contributed by atoms with Crippen LogP contribution in [-0.4, -0.2) is 85.7 Å². The number of carboxylic acids is 1. The summed E-state index contributed by atoms with van der Waals surface area (Å²) in [4.78, 5) is 48.9. The van der Waals surface area contributed by atoms with Crippen molar-refractivity contribution < 1.29 is 60.8 Å². The molecule has 56 heavy (non-hydrogen) atoms. The number of carbonyl (C=O) groups is 4. The number of nitrogens with zero attached hydrogens (tertiary/aromatic N) is 2. The molecule has 1 rings (SSSR count). The Bertz CT molecular complexity index is 1150. The highest BCUT2D eigenvalue weighted by Gasteiger charge is 2.52. The zero-order valence-corrected chi connectivity index (χ0v) is 35.9. The van der Waals surface area contributed by atoms with E-state index in [2.05, 4.69) is 11.9 Å². The molecule has 0 aromatic carbocycles. The van der Waals surface area contributed by atoms with E-state index in [0.717, 1.165) is 17.7 Å². The van der Waals surface area contributed by atoms with E-state index in [1.807, 2.05) is 41.5 Å². The molecule has 1 amide bonds. The topological polar surface area (TPSA) is 186 Å². The Morgan fingerprint density at radius 3 is 1.75 bits per heavy atom. The number of amidine groups is 1. The van der Waals surface area contributed by atoms with Crippen LogP contribution in [0.3, 0.4) is 0 Å². The van der Waals surface area contributed by atoms with Crippen molar-refractivity contribution in [1.82, 2.24) is 4.90 Å². The number of unbranched alkanes of at least 4 members (excludes halogenated alkanes) is 11. The number of hydrogen-bond donors (Lipinski definition) is 2. The van der Waals surface area contributed by atoms with E-state index in [-0.39, 0.29) is 42.5 Å².